The first-order valence-electron chi connectivity index (χ1n) is 8.92. The van der Waals surface area contributed by atoms with E-state index in [1.165, 1.54) is 25.7 Å². The fourth-order valence-corrected chi connectivity index (χ4v) is 3.41. The lowest BCUT2D eigenvalue weighted by Crippen LogP contribution is -2.67. The van der Waals surface area contributed by atoms with Gasteiger partial charge in [-0.2, -0.15) is 0 Å². The number of likely N-dealkylation sites (tertiary alicyclic amines) is 1. The number of amides is 1. The van der Waals surface area contributed by atoms with E-state index in [1.807, 2.05) is 27.7 Å². The van der Waals surface area contributed by atoms with Crippen LogP contribution in [0.4, 0.5) is 4.79 Å². The van der Waals surface area contributed by atoms with Gasteiger partial charge in [-0.05, 0) is 33.1 Å². The molecule has 0 aromatic carbocycles. The molecule has 1 fully saturated rings. The summed E-state index contributed by atoms with van der Waals surface area (Å²) in [7, 11) is 0. The van der Waals surface area contributed by atoms with Crippen molar-refractivity contribution >= 4 is 6.09 Å². The van der Waals surface area contributed by atoms with Crippen LogP contribution in [0.1, 0.15) is 80.1 Å². The largest absolute Gasteiger partial charge is 0.444 e. The predicted molar refractivity (Wildman–Crippen MR) is 89.6 cm³/mol. The van der Waals surface area contributed by atoms with E-state index in [0.717, 1.165) is 12.8 Å². The normalized spacial score (nSPS) is 26.5. The number of rotatable bonds is 7. The van der Waals surface area contributed by atoms with Crippen LogP contribution in [0.15, 0.2) is 0 Å². The van der Waals surface area contributed by atoms with Gasteiger partial charge in [-0.3, -0.25) is 4.90 Å². The lowest BCUT2D eigenvalue weighted by Gasteiger charge is -2.54. The third-order valence-corrected chi connectivity index (χ3v) is 4.66. The van der Waals surface area contributed by atoms with Crippen molar-refractivity contribution in [2.24, 2.45) is 11.8 Å². The van der Waals surface area contributed by atoms with Gasteiger partial charge in [0.2, 0.25) is 0 Å². The summed E-state index contributed by atoms with van der Waals surface area (Å²) >= 11 is 0. The highest BCUT2D eigenvalue weighted by molar-refractivity contribution is 5.70. The van der Waals surface area contributed by atoms with E-state index in [9.17, 15) is 9.90 Å². The monoisotopic (exact) mass is 313 g/mol. The topological polar surface area (TPSA) is 49.8 Å². The molecule has 0 bridgehead atoms. The lowest BCUT2D eigenvalue weighted by molar-refractivity contribution is -0.174. The number of aliphatic hydroxyl groups excluding tert-OH is 1. The highest BCUT2D eigenvalue weighted by Crippen LogP contribution is 2.39. The molecule has 0 radical (unpaired) electrons. The molecule has 0 aromatic heterocycles. The minimum Gasteiger partial charge on any atom is -0.444 e. The summed E-state index contributed by atoms with van der Waals surface area (Å²) in [5.74, 6) is 0.575. The number of hydrogen-bond acceptors (Lipinski definition) is 3. The third-order valence-electron chi connectivity index (χ3n) is 4.66. The quantitative estimate of drug-likeness (QED) is 0.701. The highest BCUT2D eigenvalue weighted by atomic mass is 16.6. The number of ether oxygens (including phenoxy) is 1. The Bertz CT molecular complexity index is 351. The molecule has 3 unspecified atom stereocenters. The fourth-order valence-electron chi connectivity index (χ4n) is 3.41. The number of carbonyl (C=O) groups excluding carboxylic acids is 1. The van der Waals surface area contributed by atoms with E-state index in [1.54, 1.807) is 4.90 Å². The first-order chi connectivity index (χ1) is 10.2. The van der Waals surface area contributed by atoms with Gasteiger partial charge in [-0.25, -0.2) is 4.79 Å². The van der Waals surface area contributed by atoms with Crippen molar-refractivity contribution in [2.75, 3.05) is 0 Å². The fraction of sp³-hybridized carbons (Fsp3) is 0.944. The molecule has 4 nitrogen and oxygen atoms in total. The molecule has 1 saturated heterocycles. The van der Waals surface area contributed by atoms with Crippen molar-refractivity contribution < 1.29 is 14.6 Å². The van der Waals surface area contributed by atoms with Gasteiger partial charge in [0.25, 0.3) is 0 Å². The molecule has 0 saturated carbocycles. The molecule has 4 heteroatoms. The SMILES string of the molecule is CCCCCCC(CC)C1C(C)[C@H](O)N1C(=O)OC(C)(C)C. The van der Waals surface area contributed by atoms with Crippen LogP contribution in [0.5, 0.6) is 0 Å². The molecule has 1 rings (SSSR count). The summed E-state index contributed by atoms with van der Waals surface area (Å²) in [5.41, 5.74) is -0.525. The van der Waals surface area contributed by atoms with Gasteiger partial charge in [-0.15, -0.1) is 0 Å². The second-order valence-corrected chi connectivity index (χ2v) is 7.67. The van der Waals surface area contributed by atoms with E-state index in [0.29, 0.717) is 5.92 Å². The van der Waals surface area contributed by atoms with Crippen LogP contribution < -0.4 is 0 Å². The molecule has 0 spiro atoms. The lowest BCUT2D eigenvalue weighted by atomic mass is 9.76. The molecule has 1 aliphatic heterocycles. The van der Waals surface area contributed by atoms with E-state index in [-0.39, 0.29) is 18.1 Å². The summed E-state index contributed by atoms with van der Waals surface area (Å²) in [6, 6.07) is 0.108. The minimum absolute atomic E-state index is 0.108. The Labute approximate surface area is 136 Å². The van der Waals surface area contributed by atoms with Crippen LogP contribution in [0.25, 0.3) is 0 Å². The van der Waals surface area contributed by atoms with Crippen molar-refractivity contribution in [3.8, 4) is 0 Å². The molecular weight excluding hydrogens is 278 g/mol. The molecule has 1 N–H and O–H groups in total. The first kappa shape index (κ1) is 19.3. The summed E-state index contributed by atoms with van der Waals surface area (Å²) < 4.78 is 5.46. The zero-order valence-corrected chi connectivity index (χ0v) is 15.3. The minimum atomic E-state index is -0.704. The molecule has 1 heterocycles. The Morgan fingerprint density at radius 2 is 1.86 bits per heavy atom. The van der Waals surface area contributed by atoms with E-state index in [4.69, 9.17) is 4.74 Å². The average molecular weight is 313 g/mol. The maximum atomic E-state index is 12.3. The van der Waals surface area contributed by atoms with E-state index < -0.39 is 11.8 Å². The summed E-state index contributed by atoms with van der Waals surface area (Å²) in [4.78, 5) is 13.9. The third kappa shape index (κ3) is 4.87. The second kappa shape index (κ2) is 8.19. The predicted octanol–water partition coefficient (Wildman–Crippen LogP) is 4.56. The Hall–Kier alpha value is -0.770. The number of nitrogens with zero attached hydrogens (tertiary/aromatic N) is 1. The number of aliphatic hydroxyl groups is 1. The zero-order chi connectivity index (χ0) is 16.9. The van der Waals surface area contributed by atoms with Gasteiger partial charge in [0.15, 0.2) is 0 Å². The van der Waals surface area contributed by atoms with Crippen molar-refractivity contribution in [1.29, 1.82) is 0 Å². The Balaban J connectivity index is 2.66. The number of hydrogen-bond donors (Lipinski definition) is 1. The van der Waals surface area contributed by atoms with Crippen LogP contribution in [0.3, 0.4) is 0 Å². The van der Waals surface area contributed by atoms with Crippen LogP contribution in [-0.4, -0.2) is 34.0 Å². The maximum absolute atomic E-state index is 12.3. The number of unbranched alkanes of at least 4 members (excludes halogenated alkanes) is 3. The van der Waals surface area contributed by atoms with E-state index >= 15 is 0 Å². The molecule has 4 atom stereocenters. The Morgan fingerprint density at radius 3 is 2.36 bits per heavy atom. The van der Waals surface area contributed by atoms with Gasteiger partial charge in [0.05, 0.1) is 0 Å². The second-order valence-electron chi connectivity index (χ2n) is 7.67. The van der Waals surface area contributed by atoms with Crippen LogP contribution in [0.2, 0.25) is 0 Å². The molecule has 130 valence electrons. The first-order valence-corrected chi connectivity index (χ1v) is 8.92. The Morgan fingerprint density at radius 1 is 1.23 bits per heavy atom. The number of carbonyl (C=O) groups is 1. The molecule has 1 amide bonds. The van der Waals surface area contributed by atoms with Crippen molar-refractivity contribution in [3.05, 3.63) is 0 Å². The summed E-state index contributed by atoms with van der Waals surface area (Å²) in [5, 5.41) is 10.2. The van der Waals surface area contributed by atoms with Gasteiger partial charge in [0, 0.05) is 12.0 Å². The van der Waals surface area contributed by atoms with Crippen molar-refractivity contribution in [2.45, 2.75) is 97.9 Å². The Kier molecular flexibility index (Phi) is 7.17. The summed E-state index contributed by atoms with van der Waals surface area (Å²) in [6.45, 7) is 12.0. The van der Waals surface area contributed by atoms with Crippen LogP contribution in [0, 0.1) is 11.8 Å². The van der Waals surface area contributed by atoms with Gasteiger partial charge in [-0.1, -0.05) is 52.9 Å². The van der Waals surface area contributed by atoms with Gasteiger partial charge < -0.3 is 9.84 Å². The highest BCUT2D eigenvalue weighted by Gasteiger charge is 2.51. The van der Waals surface area contributed by atoms with Gasteiger partial charge in [0.1, 0.15) is 11.8 Å². The standard InChI is InChI=1S/C18H35NO3/c1-7-9-10-11-12-14(8-2)15-13(3)16(20)19(15)17(21)22-18(4,5)6/h13-16,20H,7-12H2,1-6H3/t13?,14?,15?,16-/m0/s1. The summed E-state index contributed by atoms with van der Waals surface area (Å²) in [6.07, 6.45) is 6.04. The molecule has 1 aliphatic rings. The molecule has 0 aromatic rings. The van der Waals surface area contributed by atoms with Crippen molar-refractivity contribution in [3.63, 3.8) is 0 Å². The van der Waals surface area contributed by atoms with Crippen LogP contribution >= 0.6 is 0 Å². The molecular formula is C18H35NO3. The van der Waals surface area contributed by atoms with Gasteiger partial charge >= 0.3 is 6.09 Å². The van der Waals surface area contributed by atoms with E-state index in [2.05, 4.69) is 13.8 Å². The maximum Gasteiger partial charge on any atom is 0.412 e. The zero-order valence-electron chi connectivity index (χ0n) is 15.3. The average Bonchev–Trinajstić information content (AvgIpc) is 2.42. The molecule has 22 heavy (non-hydrogen) atoms. The molecule has 0 aliphatic carbocycles. The van der Waals surface area contributed by atoms with Crippen LogP contribution in [-0.2, 0) is 4.74 Å². The van der Waals surface area contributed by atoms with Crippen molar-refractivity contribution in [1.82, 2.24) is 4.90 Å². The smallest absolute Gasteiger partial charge is 0.412 e.